The Bertz CT molecular complexity index is 2470. The molecule has 0 aliphatic carbocycles. The van der Waals surface area contributed by atoms with Crippen LogP contribution in [0.3, 0.4) is 0 Å². The number of nitrogens with zero attached hydrogens (tertiary/aromatic N) is 10. The van der Waals surface area contributed by atoms with E-state index in [0.29, 0.717) is 36.4 Å². The van der Waals surface area contributed by atoms with Gasteiger partial charge in [0.05, 0.1) is 23.4 Å². The minimum atomic E-state index is -0.469. The quantitative estimate of drug-likeness (QED) is 0.198. The molecule has 2 aromatic carbocycles. The number of imidazole rings is 2. The first-order chi connectivity index (χ1) is 26.8. The van der Waals surface area contributed by atoms with Crippen LogP contribution in [0.1, 0.15) is 43.7 Å². The zero-order chi connectivity index (χ0) is 37.6. The summed E-state index contributed by atoms with van der Waals surface area (Å²) in [6.07, 6.45) is 4.68. The van der Waals surface area contributed by atoms with E-state index in [1.165, 1.54) is 15.3 Å². The number of piperazine rings is 1. The maximum atomic E-state index is 14.1. The van der Waals surface area contributed by atoms with E-state index in [2.05, 4.69) is 19.7 Å². The fraction of sp³-hybridized carbons (Fsp3) is 0.350. The number of benzene rings is 2. The van der Waals surface area contributed by atoms with Gasteiger partial charge in [-0.05, 0) is 73.4 Å². The summed E-state index contributed by atoms with van der Waals surface area (Å²) in [6.45, 7) is 5.12. The molecule has 15 heteroatoms. The van der Waals surface area contributed by atoms with Crippen LogP contribution >= 0.6 is 0 Å². The molecule has 2 amide bonds. The van der Waals surface area contributed by atoms with Crippen LogP contribution in [-0.2, 0) is 16.6 Å². The molecule has 3 fully saturated rings. The van der Waals surface area contributed by atoms with Crippen LogP contribution in [0, 0.1) is 5.82 Å². The second kappa shape index (κ2) is 14.3. The molecular formula is C40H41FN10O4. The van der Waals surface area contributed by atoms with Crippen molar-refractivity contribution in [2.75, 3.05) is 60.7 Å². The minimum absolute atomic E-state index is 0.0575. The van der Waals surface area contributed by atoms with E-state index in [9.17, 15) is 18.8 Å². The predicted octanol–water partition coefficient (Wildman–Crippen LogP) is 4.30. The summed E-state index contributed by atoms with van der Waals surface area (Å²) in [5, 5.41) is 6.00. The van der Waals surface area contributed by atoms with Crippen LogP contribution in [0.4, 0.5) is 16.0 Å². The van der Waals surface area contributed by atoms with Crippen LogP contribution in [0.5, 0.6) is 5.75 Å². The number of halogens is 1. The van der Waals surface area contributed by atoms with Crippen molar-refractivity contribution in [3.05, 3.63) is 101 Å². The Morgan fingerprint density at radius 3 is 2.47 bits per heavy atom. The highest BCUT2D eigenvalue weighted by molar-refractivity contribution is 6.11. The number of piperidine rings is 1. The number of amides is 2. The molecule has 55 heavy (non-hydrogen) atoms. The molecule has 3 saturated heterocycles. The Hall–Kier alpha value is -6.09. The highest BCUT2D eigenvalue weighted by Crippen LogP contribution is 2.36. The molecule has 3 aliphatic heterocycles. The molecule has 9 rings (SSSR count). The first-order valence-corrected chi connectivity index (χ1v) is 18.8. The van der Waals surface area contributed by atoms with E-state index >= 15 is 0 Å². The Morgan fingerprint density at radius 1 is 0.855 bits per heavy atom. The first-order valence-electron chi connectivity index (χ1n) is 18.8. The molecule has 4 aromatic heterocycles. The van der Waals surface area contributed by atoms with Gasteiger partial charge in [-0.1, -0.05) is 24.3 Å². The largest absolute Gasteiger partial charge is 0.490 e. The maximum absolute atomic E-state index is 14.1. The van der Waals surface area contributed by atoms with Gasteiger partial charge >= 0.3 is 5.69 Å². The maximum Gasteiger partial charge on any atom is 0.348 e. The second-order valence-corrected chi connectivity index (χ2v) is 14.3. The molecule has 0 unspecified atom stereocenters. The van der Waals surface area contributed by atoms with E-state index in [1.807, 2.05) is 47.1 Å². The number of rotatable bonds is 9. The van der Waals surface area contributed by atoms with Gasteiger partial charge < -0.3 is 14.5 Å². The number of para-hydroxylation sites is 1. The molecular weight excluding hydrogens is 704 g/mol. The molecule has 14 nitrogen and oxygen atoms in total. The molecule has 0 N–H and O–H groups in total. The summed E-state index contributed by atoms with van der Waals surface area (Å²) in [5.41, 5.74) is 3.79. The predicted molar refractivity (Wildman–Crippen MR) is 205 cm³/mol. The Labute approximate surface area is 315 Å². The highest BCUT2D eigenvalue weighted by atomic mass is 19.1. The van der Waals surface area contributed by atoms with Crippen LogP contribution in [-0.4, -0.2) is 91.4 Å². The van der Waals surface area contributed by atoms with Crippen molar-refractivity contribution in [2.45, 2.75) is 38.1 Å². The van der Waals surface area contributed by atoms with Gasteiger partial charge in [0.2, 0.25) is 11.8 Å². The number of aryl methyl sites for hydroxylation is 1. The molecule has 1 atom stereocenters. The SMILES string of the molecule is Cn1c(=O)n(N2C(=O)CCCC2=O)c2cccc(OCCN3CCN(c4cccc(-c5cnc6ccc(N7CCC[C@@H]7c7cccc(F)c7)nn56)n4)CC3)c21. The van der Waals surface area contributed by atoms with Gasteiger partial charge in [-0.25, -0.2) is 23.7 Å². The van der Waals surface area contributed by atoms with Gasteiger partial charge in [0.25, 0.3) is 0 Å². The van der Waals surface area contributed by atoms with Gasteiger partial charge in [-0.2, -0.15) is 9.69 Å². The van der Waals surface area contributed by atoms with Crippen molar-refractivity contribution < 1.29 is 18.7 Å². The molecule has 0 bridgehead atoms. The average molecular weight is 745 g/mol. The summed E-state index contributed by atoms with van der Waals surface area (Å²) in [4.78, 5) is 55.1. The third kappa shape index (κ3) is 6.37. The van der Waals surface area contributed by atoms with E-state index in [4.69, 9.17) is 14.8 Å². The number of imide groups is 1. The number of aromatic nitrogens is 6. The third-order valence-electron chi connectivity index (χ3n) is 11.0. The Morgan fingerprint density at radius 2 is 1.65 bits per heavy atom. The van der Waals surface area contributed by atoms with Crippen molar-refractivity contribution in [1.82, 2.24) is 33.7 Å². The second-order valence-electron chi connectivity index (χ2n) is 14.3. The molecule has 3 aliphatic rings. The van der Waals surface area contributed by atoms with E-state index < -0.39 is 5.69 Å². The summed E-state index contributed by atoms with van der Waals surface area (Å²) >= 11 is 0. The van der Waals surface area contributed by atoms with Gasteiger partial charge in [0.15, 0.2) is 5.65 Å². The van der Waals surface area contributed by atoms with Crippen LogP contribution in [0.2, 0.25) is 0 Å². The number of carbonyl (C=O) groups is 2. The molecule has 0 spiro atoms. The lowest BCUT2D eigenvalue weighted by Gasteiger charge is -2.35. The number of pyridine rings is 1. The lowest BCUT2D eigenvalue weighted by molar-refractivity contribution is -0.131. The minimum Gasteiger partial charge on any atom is -0.490 e. The van der Waals surface area contributed by atoms with E-state index in [0.717, 1.165) is 84.8 Å². The smallest absolute Gasteiger partial charge is 0.348 e. The number of hydrogen-bond acceptors (Lipinski definition) is 10. The normalized spacial score (nSPS) is 18.3. The number of anilines is 2. The summed E-state index contributed by atoms with van der Waals surface area (Å²) < 4.78 is 24.8. The standard InChI is InChI=1S/C40H41FN10O4/c1-45-39-31(50(40(45)54)51-37(52)14-5-15-38(51)53)10-4-12-33(39)55-24-23-46-19-21-47(22-20-46)35-13-3-9-29(43-35)32-26-42-34-16-17-36(44-49(32)34)48-18-6-11-30(48)27-7-2-8-28(41)25-27/h2-4,7-10,12-13,16-17,25-26,30H,5-6,11,14-15,18-24H2,1H3/t30-/m1/s1. The molecule has 7 heterocycles. The van der Waals surface area contributed by atoms with E-state index in [-0.39, 0.29) is 36.5 Å². The average Bonchev–Trinajstić information content (AvgIpc) is 3.92. The lowest BCUT2D eigenvalue weighted by Crippen LogP contribution is -2.52. The Kier molecular flexibility index (Phi) is 9.00. The number of ether oxygens (including phenoxy) is 1. The van der Waals surface area contributed by atoms with Crippen LogP contribution < -0.4 is 25.2 Å². The van der Waals surface area contributed by atoms with Crippen molar-refractivity contribution >= 4 is 40.1 Å². The number of carbonyl (C=O) groups excluding carboxylic acids is 2. The zero-order valence-corrected chi connectivity index (χ0v) is 30.6. The fourth-order valence-corrected chi connectivity index (χ4v) is 8.15. The van der Waals surface area contributed by atoms with Crippen molar-refractivity contribution in [3.63, 3.8) is 0 Å². The lowest BCUT2D eigenvalue weighted by atomic mass is 10.0. The molecule has 0 radical (unpaired) electrons. The summed E-state index contributed by atoms with van der Waals surface area (Å²) in [6, 6.07) is 22.2. The van der Waals surface area contributed by atoms with Crippen LogP contribution in [0.15, 0.2) is 83.8 Å². The van der Waals surface area contributed by atoms with Crippen molar-refractivity contribution in [1.29, 1.82) is 0 Å². The van der Waals surface area contributed by atoms with E-state index in [1.54, 1.807) is 37.4 Å². The summed E-state index contributed by atoms with van der Waals surface area (Å²) in [5.74, 6) is 1.23. The van der Waals surface area contributed by atoms with Gasteiger partial charge in [-0.3, -0.25) is 19.1 Å². The molecule has 0 saturated carbocycles. The number of hydrogen-bond donors (Lipinski definition) is 0. The van der Waals surface area contributed by atoms with Gasteiger partial charge in [-0.15, -0.1) is 5.10 Å². The third-order valence-corrected chi connectivity index (χ3v) is 11.0. The molecule has 282 valence electrons. The fourth-order valence-electron chi connectivity index (χ4n) is 8.15. The highest BCUT2D eigenvalue weighted by Gasteiger charge is 2.32. The topological polar surface area (TPSA) is 126 Å². The first kappa shape index (κ1) is 34.7. The Balaban J connectivity index is 0.855. The van der Waals surface area contributed by atoms with Gasteiger partial charge in [0, 0.05) is 59.2 Å². The zero-order valence-electron chi connectivity index (χ0n) is 30.6. The molecule has 6 aromatic rings. The van der Waals surface area contributed by atoms with Gasteiger partial charge in [0.1, 0.15) is 41.0 Å². The monoisotopic (exact) mass is 744 g/mol. The van der Waals surface area contributed by atoms with Crippen LogP contribution in [0.25, 0.3) is 28.1 Å². The van der Waals surface area contributed by atoms with Crippen molar-refractivity contribution in [2.24, 2.45) is 7.05 Å². The van der Waals surface area contributed by atoms with Crippen molar-refractivity contribution in [3.8, 4) is 17.1 Å². The summed E-state index contributed by atoms with van der Waals surface area (Å²) in [7, 11) is 1.62. The number of fused-ring (bicyclic) bond motifs is 2.